The zero-order chi connectivity index (χ0) is 17.7. The molecule has 10 heteroatoms. The summed E-state index contributed by atoms with van der Waals surface area (Å²) in [4.78, 5) is -1.97. The van der Waals surface area contributed by atoms with Crippen molar-refractivity contribution < 1.29 is 23.8 Å². The molecule has 128 valence electrons. The molecule has 0 spiro atoms. The van der Waals surface area contributed by atoms with Crippen molar-refractivity contribution in [1.82, 2.24) is 15.0 Å². The predicted octanol–water partition coefficient (Wildman–Crippen LogP) is 5.73. The van der Waals surface area contributed by atoms with Gasteiger partial charge in [0.15, 0.2) is 0 Å². The Hall–Kier alpha value is -2.49. The molecule has 1 heterocycles. The highest BCUT2D eigenvalue weighted by atomic mass is 32.5. The summed E-state index contributed by atoms with van der Waals surface area (Å²) in [5.74, 6) is -0.433. The predicted molar refractivity (Wildman–Crippen MR) is 78.1 cm³/mol. The van der Waals surface area contributed by atoms with Gasteiger partial charge in [-0.05, 0) is 48.5 Å². The average Bonchev–Trinajstić information content (AvgIpc) is 2.96. The van der Waals surface area contributed by atoms with E-state index in [0.29, 0.717) is 23.4 Å². The Morgan fingerprint density at radius 2 is 1.38 bits per heavy atom. The van der Waals surface area contributed by atoms with Gasteiger partial charge in [-0.3, -0.25) is 0 Å². The van der Waals surface area contributed by atoms with Gasteiger partial charge in [0.25, 0.3) is 0 Å². The maximum absolute atomic E-state index is 12.9. The lowest BCUT2D eigenvalue weighted by atomic mass is 10.2. The van der Waals surface area contributed by atoms with Crippen LogP contribution in [0.2, 0.25) is 0 Å². The molecule has 24 heavy (non-hydrogen) atoms. The Kier molecular flexibility index (Phi) is 3.09. The van der Waals surface area contributed by atoms with Crippen molar-refractivity contribution >= 4 is 10.2 Å². The second-order valence-electron chi connectivity index (χ2n) is 5.02. The zero-order valence-electron chi connectivity index (χ0n) is 11.7. The van der Waals surface area contributed by atoms with Crippen LogP contribution in [-0.2, 0) is 0 Å². The summed E-state index contributed by atoms with van der Waals surface area (Å²) in [7, 11) is -9.70. The molecule has 0 aliphatic rings. The maximum atomic E-state index is 12.9. The summed E-state index contributed by atoms with van der Waals surface area (Å²) in [5.41, 5.74) is 1.03. The smallest absolute Gasteiger partial charge is 0.220 e. The first-order valence-electron chi connectivity index (χ1n) is 6.45. The molecule has 0 radical (unpaired) electrons. The van der Waals surface area contributed by atoms with Gasteiger partial charge in [0.05, 0.1) is 11.9 Å². The van der Waals surface area contributed by atoms with E-state index < -0.39 is 20.9 Å². The average molecular weight is 365 g/mol. The molecular weight excluding hydrogens is 356 g/mol. The van der Waals surface area contributed by atoms with Crippen LogP contribution in [0.1, 0.15) is 0 Å². The van der Waals surface area contributed by atoms with Crippen LogP contribution in [0.25, 0.3) is 16.9 Å². The van der Waals surface area contributed by atoms with Gasteiger partial charge in [0.1, 0.15) is 16.4 Å². The fraction of sp³-hybridized carbons (Fsp3) is 0. The van der Waals surface area contributed by atoms with Crippen LogP contribution in [0.4, 0.5) is 23.8 Å². The Bertz CT molecular complexity index is 886. The minimum Gasteiger partial charge on any atom is -0.220 e. The minimum absolute atomic E-state index is 0.126. The van der Waals surface area contributed by atoms with E-state index in [1.165, 1.54) is 30.5 Å². The van der Waals surface area contributed by atoms with Crippen LogP contribution in [-0.4, -0.2) is 15.0 Å². The van der Waals surface area contributed by atoms with E-state index in [2.05, 4.69) is 10.3 Å². The molecule has 0 aliphatic carbocycles. The van der Waals surface area contributed by atoms with Crippen LogP contribution in [0.3, 0.4) is 0 Å². The lowest BCUT2D eigenvalue weighted by Crippen LogP contribution is -2.06. The van der Waals surface area contributed by atoms with E-state index in [0.717, 1.165) is 16.8 Å². The quantitative estimate of drug-likeness (QED) is 0.555. The number of hydrogen-bond donors (Lipinski definition) is 0. The number of aromatic nitrogens is 3. The summed E-state index contributed by atoms with van der Waals surface area (Å²) < 4.78 is 77.4. The number of nitrogens with zero attached hydrogens (tertiary/aromatic N) is 3. The SMILES string of the molecule is Fc1ccc(-c2cn(-c3ccc(S(F)(F)(F)(F)F)cc3)nn2)cc1. The van der Waals surface area contributed by atoms with Crippen LogP contribution >= 0.6 is 10.2 Å². The molecule has 0 N–H and O–H groups in total. The third-order valence-corrected chi connectivity index (χ3v) is 4.34. The number of halogens is 6. The molecule has 3 aromatic rings. The van der Waals surface area contributed by atoms with E-state index in [4.69, 9.17) is 0 Å². The normalized spacial score (nSPS) is 14.9. The van der Waals surface area contributed by atoms with Gasteiger partial charge in [-0.15, -0.1) is 5.10 Å². The number of rotatable bonds is 3. The standard InChI is InChI=1S/C14H9F6N3S/c15-11-3-1-10(2-4-11)14-9-23(22-21-14)12-5-7-13(8-6-12)24(16,17,18,19)20/h1-9H. The molecule has 0 atom stereocenters. The van der Waals surface area contributed by atoms with Crippen molar-refractivity contribution in [3.63, 3.8) is 0 Å². The second kappa shape index (κ2) is 4.53. The number of benzene rings is 2. The Morgan fingerprint density at radius 1 is 0.792 bits per heavy atom. The molecule has 0 saturated heterocycles. The van der Waals surface area contributed by atoms with Gasteiger partial charge >= 0.3 is 10.2 Å². The van der Waals surface area contributed by atoms with Crippen molar-refractivity contribution in [3.8, 4) is 16.9 Å². The van der Waals surface area contributed by atoms with Gasteiger partial charge in [0.2, 0.25) is 0 Å². The summed E-state index contributed by atoms with van der Waals surface area (Å²) >= 11 is 0. The fourth-order valence-electron chi connectivity index (χ4n) is 2.00. The van der Waals surface area contributed by atoms with Crippen molar-refractivity contribution in [1.29, 1.82) is 0 Å². The summed E-state index contributed by atoms with van der Waals surface area (Å²) in [5, 5.41) is 7.54. The van der Waals surface area contributed by atoms with Crippen molar-refractivity contribution in [2.24, 2.45) is 0 Å². The third kappa shape index (κ3) is 3.37. The molecule has 0 fully saturated rings. The monoisotopic (exact) mass is 365 g/mol. The highest BCUT2D eigenvalue weighted by Crippen LogP contribution is 3.02. The van der Waals surface area contributed by atoms with Gasteiger partial charge in [0, 0.05) is 5.56 Å². The third-order valence-electron chi connectivity index (χ3n) is 3.18. The van der Waals surface area contributed by atoms with Crippen LogP contribution in [0, 0.1) is 5.82 Å². The highest BCUT2D eigenvalue weighted by molar-refractivity contribution is 8.45. The Balaban J connectivity index is 1.93. The summed E-state index contributed by atoms with van der Waals surface area (Å²) in [6, 6.07) is 7.70. The molecular formula is C14H9F6N3S. The van der Waals surface area contributed by atoms with E-state index >= 15 is 0 Å². The van der Waals surface area contributed by atoms with Gasteiger partial charge < -0.3 is 0 Å². The molecule has 3 nitrogen and oxygen atoms in total. The van der Waals surface area contributed by atoms with Gasteiger partial charge in [-0.25, -0.2) is 9.07 Å². The van der Waals surface area contributed by atoms with Crippen molar-refractivity contribution in [3.05, 3.63) is 60.5 Å². The molecule has 0 aliphatic heterocycles. The molecule has 0 bridgehead atoms. The minimum atomic E-state index is -9.70. The summed E-state index contributed by atoms with van der Waals surface area (Å²) in [6.07, 6.45) is 1.39. The van der Waals surface area contributed by atoms with Gasteiger partial charge in [-0.1, -0.05) is 24.6 Å². The molecule has 1 aromatic heterocycles. The van der Waals surface area contributed by atoms with E-state index in [9.17, 15) is 23.8 Å². The van der Waals surface area contributed by atoms with E-state index in [-0.39, 0.29) is 5.69 Å². The molecule has 2 aromatic carbocycles. The lowest BCUT2D eigenvalue weighted by Gasteiger charge is -2.40. The largest absolute Gasteiger partial charge is 0.310 e. The topological polar surface area (TPSA) is 30.7 Å². The number of hydrogen-bond acceptors (Lipinski definition) is 2. The molecule has 3 rings (SSSR count). The summed E-state index contributed by atoms with van der Waals surface area (Å²) in [6.45, 7) is 0. The molecule has 0 saturated carbocycles. The van der Waals surface area contributed by atoms with Crippen LogP contribution < -0.4 is 0 Å². The maximum Gasteiger partial charge on any atom is 0.310 e. The van der Waals surface area contributed by atoms with Crippen molar-refractivity contribution in [2.45, 2.75) is 4.90 Å². The van der Waals surface area contributed by atoms with E-state index in [1.54, 1.807) is 0 Å². The van der Waals surface area contributed by atoms with Gasteiger partial charge in [-0.2, -0.15) is 0 Å². The van der Waals surface area contributed by atoms with Crippen LogP contribution in [0.5, 0.6) is 0 Å². The highest BCUT2D eigenvalue weighted by Gasteiger charge is 2.65. The zero-order valence-corrected chi connectivity index (χ0v) is 12.5. The van der Waals surface area contributed by atoms with Crippen molar-refractivity contribution in [2.75, 3.05) is 0 Å². The van der Waals surface area contributed by atoms with Crippen LogP contribution in [0.15, 0.2) is 59.6 Å². The first kappa shape index (κ1) is 16.4. The first-order chi connectivity index (χ1) is 10.9. The van der Waals surface area contributed by atoms with E-state index in [1.807, 2.05) is 0 Å². The molecule has 0 unspecified atom stereocenters. The fourth-order valence-corrected chi connectivity index (χ4v) is 2.65. The molecule has 0 amide bonds. The first-order valence-corrected chi connectivity index (χ1v) is 8.40. The second-order valence-corrected chi connectivity index (χ2v) is 7.43. The lowest BCUT2D eigenvalue weighted by molar-refractivity contribution is 0.364. The Labute approximate surface area is 132 Å². The Morgan fingerprint density at radius 3 is 1.92 bits per heavy atom.